The molecule has 150 valence electrons. The Kier molecular flexibility index (Phi) is 8.29. The first-order valence-electron chi connectivity index (χ1n) is 9.17. The Bertz CT molecular complexity index is 806. The van der Waals surface area contributed by atoms with Gasteiger partial charge in [0, 0.05) is 43.3 Å². The predicted molar refractivity (Wildman–Crippen MR) is 114 cm³/mol. The summed E-state index contributed by atoms with van der Waals surface area (Å²) in [6.45, 7) is 3.41. The number of aliphatic hydroxyl groups excluding tert-OH is 1. The summed E-state index contributed by atoms with van der Waals surface area (Å²) in [7, 11) is 3.46. The lowest BCUT2D eigenvalue weighted by molar-refractivity contribution is 0.0827. The van der Waals surface area contributed by atoms with Gasteiger partial charge in [-0.2, -0.15) is 0 Å². The van der Waals surface area contributed by atoms with Gasteiger partial charge < -0.3 is 20.6 Å². The van der Waals surface area contributed by atoms with Crippen molar-refractivity contribution < 1.29 is 9.90 Å². The van der Waals surface area contributed by atoms with Crippen LogP contribution in [0.3, 0.4) is 0 Å². The van der Waals surface area contributed by atoms with E-state index in [0.717, 1.165) is 5.56 Å². The minimum atomic E-state index is -0.742. The summed E-state index contributed by atoms with van der Waals surface area (Å²) in [4.78, 5) is 18.0. The molecule has 3 N–H and O–H groups in total. The summed E-state index contributed by atoms with van der Waals surface area (Å²) < 4.78 is 0. The molecular formula is C21H27ClN4O2. The number of rotatable bonds is 7. The molecule has 1 amide bonds. The molecule has 7 heteroatoms. The number of carbonyl (C=O) groups is 1. The van der Waals surface area contributed by atoms with E-state index in [1.54, 1.807) is 43.3 Å². The van der Waals surface area contributed by atoms with Crippen LogP contribution in [0, 0.1) is 0 Å². The molecule has 0 aliphatic carbocycles. The van der Waals surface area contributed by atoms with Gasteiger partial charge in [-0.15, -0.1) is 0 Å². The molecule has 1 unspecified atom stereocenters. The van der Waals surface area contributed by atoms with Gasteiger partial charge in [-0.3, -0.25) is 4.79 Å². The number of carbonyl (C=O) groups excluding carboxylic acids is 1. The van der Waals surface area contributed by atoms with Crippen molar-refractivity contribution >= 4 is 23.5 Å². The van der Waals surface area contributed by atoms with Gasteiger partial charge in [-0.25, -0.2) is 4.99 Å². The molecule has 0 heterocycles. The summed E-state index contributed by atoms with van der Waals surface area (Å²) in [6, 6.07) is 14.6. The Morgan fingerprint density at radius 2 is 1.82 bits per heavy atom. The van der Waals surface area contributed by atoms with Gasteiger partial charge in [-0.1, -0.05) is 41.9 Å². The van der Waals surface area contributed by atoms with Crippen molar-refractivity contribution in [2.75, 3.05) is 27.2 Å². The number of nitrogens with one attached hydrogen (secondary N) is 2. The van der Waals surface area contributed by atoms with Gasteiger partial charge in [-0.05, 0) is 30.7 Å². The lowest BCUT2D eigenvalue weighted by atomic mass is 10.1. The van der Waals surface area contributed by atoms with E-state index < -0.39 is 6.10 Å². The van der Waals surface area contributed by atoms with Crippen LogP contribution in [0.5, 0.6) is 0 Å². The Labute approximate surface area is 171 Å². The Hall–Kier alpha value is -2.57. The second kappa shape index (κ2) is 10.7. The topological polar surface area (TPSA) is 77.0 Å². The quantitative estimate of drug-likeness (QED) is 0.491. The van der Waals surface area contributed by atoms with E-state index in [2.05, 4.69) is 15.6 Å². The van der Waals surface area contributed by atoms with E-state index in [9.17, 15) is 9.90 Å². The summed E-state index contributed by atoms with van der Waals surface area (Å²) in [6.07, 6.45) is -0.742. The molecule has 0 radical (unpaired) electrons. The third-order valence-electron chi connectivity index (χ3n) is 4.10. The van der Waals surface area contributed by atoms with Crippen molar-refractivity contribution in [3.8, 4) is 0 Å². The van der Waals surface area contributed by atoms with Gasteiger partial charge in [0.2, 0.25) is 0 Å². The molecule has 0 fully saturated rings. The molecular weight excluding hydrogens is 376 g/mol. The maximum Gasteiger partial charge on any atom is 0.253 e. The number of aliphatic hydroxyl groups is 1. The number of halogens is 1. The highest BCUT2D eigenvalue weighted by atomic mass is 35.5. The number of guanidine groups is 1. The van der Waals surface area contributed by atoms with Crippen LogP contribution in [0.4, 0.5) is 0 Å². The number of hydrogen-bond acceptors (Lipinski definition) is 3. The molecule has 0 aliphatic rings. The van der Waals surface area contributed by atoms with E-state index in [0.29, 0.717) is 35.2 Å². The van der Waals surface area contributed by atoms with Crippen LogP contribution >= 0.6 is 11.6 Å². The maximum atomic E-state index is 11.9. The highest BCUT2D eigenvalue weighted by Gasteiger charge is 2.12. The van der Waals surface area contributed by atoms with Gasteiger partial charge >= 0.3 is 0 Å². The second-order valence-electron chi connectivity index (χ2n) is 6.51. The SMILES string of the molecule is CCNC(=NCc1ccc(C(=O)N(C)C)cc1)NCC(O)c1ccccc1Cl. The van der Waals surface area contributed by atoms with E-state index in [-0.39, 0.29) is 12.5 Å². The molecule has 6 nitrogen and oxygen atoms in total. The Morgan fingerprint density at radius 1 is 1.14 bits per heavy atom. The maximum absolute atomic E-state index is 11.9. The lowest BCUT2D eigenvalue weighted by Crippen LogP contribution is -2.39. The van der Waals surface area contributed by atoms with Crippen LogP contribution in [-0.2, 0) is 6.54 Å². The zero-order valence-corrected chi connectivity index (χ0v) is 17.2. The van der Waals surface area contributed by atoms with Crippen LogP contribution in [0.25, 0.3) is 0 Å². The van der Waals surface area contributed by atoms with Crippen LogP contribution < -0.4 is 10.6 Å². The second-order valence-corrected chi connectivity index (χ2v) is 6.92. The normalized spacial score (nSPS) is 12.4. The Balaban J connectivity index is 1.98. The third kappa shape index (κ3) is 6.25. The first-order chi connectivity index (χ1) is 13.4. The standard InChI is InChI=1S/C21H27ClN4O2/c1-4-23-21(25-14-19(27)17-7-5-6-8-18(17)22)24-13-15-9-11-16(12-10-15)20(28)26(2)3/h5-12,19,27H,4,13-14H2,1-3H3,(H2,23,24,25). The van der Waals surface area contributed by atoms with Crippen molar-refractivity contribution in [1.82, 2.24) is 15.5 Å². The first-order valence-corrected chi connectivity index (χ1v) is 9.55. The van der Waals surface area contributed by atoms with E-state index in [1.165, 1.54) is 0 Å². The Morgan fingerprint density at radius 3 is 2.43 bits per heavy atom. The monoisotopic (exact) mass is 402 g/mol. The van der Waals surface area contributed by atoms with E-state index in [4.69, 9.17) is 11.6 Å². The predicted octanol–water partition coefficient (Wildman–Crippen LogP) is 2.83. The fourth-order valence-electron chi connectivity index (χ4n) is 2.57. The highest BCUT2D eigenvalue weighted by molar-refractivity contribution is 6.31. The van der Waals surface area contributed by atoms with Crippen LogP contribution in [0.2, 0.25) is 5.02 Å². The van der Waals surface area contributed by atoms with Crippen molar-refractivity contribution in [3.05, 3.63) is 70.2 Å². The first kappa shape index (κ1) is 21.7. The molecule has 0 saturated heterocycles. The largest absolute Gasteiger partial charge is 0.387 e. The number of hydrogen-bond donors (Lipinski definition) is 3. The zero-order chi connectivity index (χ0) is 20.5. The molecule has 0 bridgehead atoms. The highest BCUT2D eigenvalue weighted by Crippen LogP contribution is 2.21. The zero-order valence-electron chi connectivity index (χ0n) is 16.4. The van der Waals surface area contributed by atoms with Crippen molar-refractivity contribution in [1.29, 1.82) is 0 Å². The molecule has 2 aromatic carbocycles. The van der Waals surface area contributed by atoms with Gasteiger partial charge in [0.15, 0.2) is 5.96 Å². The smallest absolute Gasteiger partial charge is 0.253 e. The molecule has 0 spiro atoms. The van der Waals surface area contributed by atoms with Crippen molar-refractivity contribution in [3.63, 3.8) is 0 Å². The van der Waals surface area contributed by atoms with Gasteiger partial charge in [0.1, 0.15) is 0 Å². The number of nitrogens with zero attached hydrogens (tertiary/aromatic N) is 2. The minimum Gasteiger partial charge on any atom is -0.387 e. The average Bonchev–Trinajstić information content (AvgIpc) is 2.70. The lowest BCUT2D eigenvalue weighted by Gasteiger charge is -2.16. The van der Waals surface area contributed by atoms with Crippen molar-refractivity contribution in [2.45, 2.75) is 19.6 Å². The summed E-state index contributed by atoms with van der Waals surface area (Å²) >= 11 is 6.13. The number of aliphatic imine (C=N–C) groups is 1. The van der Waals surface area contributed by atoms with Gasteiger partial charge in [0.25, 0.3) is 5.91 Å². The number of amides is 1. The summed E-state index contributed by atoms with van der Waals surface area (Å²) in [5.74, 6) is 0.570. The molecule has 0 aliphatic heterocycles. The van der Waals surface area contributed by atoms with Crippen molar-refractivity contribution in [2.24, 2.45) is 4.99 Å². The minimum absolute atomic E-state index is 0.0291. The molecule has 1 atom stereocenters. The van der Waals surface area contributed by atoms with Crippen LogP contribution in [-0.4, -0.2) is 49.1 Å². The van der Waals surface area contributed by atoms with Crippen LogP contribution in [0.1, 0.15) is 34.5 Å². The summed E-state index contributed by atoms with van der Waals surface area (Å²) in [5.41, 5.74) is 2.30. The fourth-order valence-corrected chi connectivity index (χ4v) is 2.83. The molecule has 28 heavy (non-hydrogen) atoms. The average molecular weight is 403 g/mol. The molecule has 2 rings (SSSR count). The summed E-state index contributed by atoms with van der Waals surface area (Å²) in [5, 5.41) is 17.2. The van der Waals surface area contributed by atoms with Crippen LogP contribution in [0.15, 0.2) is 53.5 Å². The number of benzene rings is 2. The molecule has 0 aromatic heterocycles. The van der Waals surface area contributed by atoms with E-state index in [1.807, 2.05) is 31.2 Å². The van der Waals surface area contributed by atoms with Gasteiger partial charge in [0.05, 0.1) is 12.6 Å². The third-order valence-corrected chi connectivity index (χ3v) is 4.44. The molecule has 2 aromatic rings. The molecule has 0 saturated carbocycles. The van der Waals surface area contributed by atoms with E-state index >= 15 is 0 Å². The fraction of sp³-hybridized carbons (Fsp3) is 0.333.